The number of sulfonamides is 1. The van der Waals surface area contributed by atoms with Crippen molar-refractivity contribution in [2.45, 2.75) is 35.5 Å². The summed E-state index contributed by atoms with van der Waals surface area (Å²) in [5, 5.41) is 3.20. The molecule has 1 aliphatic carbocycles. The van der Waals surface area contributed by atoms with Crippen LogP contribution in [0.5, 0.6) is 0 Å². The van der Waals surface area contributed by atoms with E-state index in [2.05, 4.69) is 9.82 Å². The van der Waals surface area contributed by atoms with Gasteiger partial charge in [-0.2, -0.15) is 5.10 Å². The standard InChI is InChI=1S/C10H14F2N4O4S2/c11-10(12)3-8(10)16-2-1-9(14-16)22(19,20)15-7-5-21(17,18)4-6(7)13/h1-2,6-8,15H,3-5,13H2. The zero-order valence-electron chi connectivity index (χ0n) is 11.2. The summed E-state index contributed by atoms with van der Waals surface area (Å²) in [6, 6.07) is -1.85. The summed E-state index contributed by atoms with van der Waals surface area (Å²) < 4.78 is 76.1. The van der Waals surface area contributed by atoms with Crippen molar-refractivity contribution in [1.29, 1.82) is 0 Å². The summed E-state index contributed by atoms with van der Waals surface area (Å²) in [6.45, 7) is 0. The van der Waals surface area contributed by atoms with Crippen LogP contribution in [0.25, 0.3) is 0 Å². The summed E-state index contributed by atoms with van der Waals surface area (Å²) in [6.07, 6.45) is 0.777. The number of nitrogens with zero attached hydrogens (tertiary/aromatic N) is 2. The molecule has 3 unspecified atom stereocenters. The van der Waals surface area contributed by atoms with Gasteiger partial charge in [0.1, 0.15) is 6.04 Å². The Morgan fingerprint density at radius 2 is 2.05 bits per heavy atom. The molecule has 0 amide bonds. The zero-order valence-corrected chi connectivity index (χ0v) is 12.8. The molecule has 2 fully saturated rings. The summed E-state index contributed by atoms with van der Waals surface area (Å²) in [5.41, 5.74) is 5.61. The highest BCUT2D eigenvalue weighted by Gasteiger charge is 2.59. The van der Waals surface area contributed by atoms with Crippen molar-refractivity contribution < 1.29 is 25.6 Å². The third-order valence-electron chi connectivity index (χ3n) is 3.67. The average Bonchev–Trinajstić information content (AvgIpc) is 2.75. The van der Waals surface area contributed by atoms with Gasteiger partial charge >= 0.3 is 0 Å². The minimum Gasteiger partial charge on any atom is -0.325 e. The van der Waals surface area contributed by atoms with Crippen LogP contribution in [0.15, 0.2) is 17.3 Å². The number of alkyl halides is 2. The van der Waals surface area contributed by atoms with E-state index < -0.39 is 54.7 Å². The topological polar surface area (TPSA) is 124 Å². The fourth-order valence-corrected chi connectivity index (χ4v) is 5.54. The Labute approximate surface area is 125 Å². The number of rotatable bonds is 4. The molecule has 2 aliphatic rings. The van der Waals surface area contributed by atoms with Crippen molar-refractivity contribution in [3.8, 4) is 0 Å². The lowest BCUT2D eigenvalue weighted by Crippen LogP contribution is -2.46. The van der Waals surface area contributed by atoms with Crippen molar-refractivity contribution >= 4 is 19.9 Å². The number of nitrogens with one attached hydrogen (secondary N) is 1. The van der Waals surface area contributed by atoms with Gasteiger partial charge in [0.15, 0.2) is 14.9 Å². The van der Waals surface area contributed by atoms with Crippen LogP contribution in [0.3, 0.4) is 0 Å². The van der Waals surface area contributed by atoms with Crippen LogP contribution in [0, 0.1) is 0 Å². The van der Waals surface area contributed by atoms with E-state index >= 15 is 0 Å². The molecule has 1 aromatic heterocycles. The predicted octanol–water partition coefficient (Wildman–Crippen LogP) is -1.13. The number of nitrogens with two attached hydrogens (primary N) is 1. The van der Waals surface area contributed by atoms with Crippen molar-refractivity contribution in [1.82, 2.24) is 14.5 Å². The first-order valence-electron chi connectivity index (χ1n) is 6.41. The van der Waals surface area contributed by atoms with Crippen LogP contribution in [0.4, 0.5) is 8.78 Å². The van der Waals surface area contributed by atoms with Gasteiger partial charge in [0.2, 0.25) is 0 Å². The number of hydrogen-bond donors (Lipinski definition) is 2. The van der Waals surface area contributed by atoms with Gasteiger partial charge < -0.3 is 5.73 Å². The highest BCUT2D eigenvalue weighted by atomic mass is 32.2. The van der Waals surface area contributed by atoms with Gasteiger partial charge in [0.25, 0.3) is 15.9 Å². The average molecular weight is 356 g/mol. The summed E-state index contributed by atoms with van der Waals surface area (Å²) in [4.78, 5) is 0. The first-order chi connectivity index (χ1) is 10.0. The lowest BCUT2D eigenvalue weighted by Gasteiger charge is -2.14. The molecular weight excluding hydrogens is 342 g/mol. The lowest BCUT2D eigenvalue weighted by atomic mass is 10.2. The molecule has 3 atom stereocenters. The maximum Gasteiger partial charge on any atom is 0.272 e. The van der Waals surface area contributed by atoms with Gasteiger partial charge in [-0.3, -0.25) is 4.68 Å². The molecule has 3 rings (SSSR count). The van der Waals surface area contributed by atoms with E-state index in [0.717, 1.165) is 16.9 Å². The molecule has 12 heteroatoms. The van der Waals surface area contributed by atoms with Crippen LogP contribution in [-0.4, -0.2) is 56.1 Å². The number of hydrogen-bond acceptors (Lipinski definition) is 6. The van der Waals surface area contributed by atoms with E-state index in [1.54, 1.807) is 0 Å². The number of sulfone groups is 1. The molecule has 0 radical (unpaired) electrons. The molecule has 8 nitrogen and oxygen atoms in total. The molecule has 3 N–H and O–H groups in total. The molecule has 22 heavy (non-hydrogen) atoms. The van der Waals surface area contributed by atoms with E-state index in [-0.39, 0.29) is 12.2 Å². The Hall–Kier alpha value is -1.11. The summed E-state index contributed by atoms with van der Waals surface area (Å²) in [5.74, 6) is -3.57. The van der Waals surface area contributed by atoms with Gasteiger partial charge in [0, 0.05) is 18.7 Å². The SMILES string of the molecule is NC1CS(=O)(=O)CC1NS(=O)(=O)c1ccn(C2CC2(F)F)n1. The quantitative estimate of drug-likeness (QED) is 0.703. The van der Waals surface area contributed by atoms with Crippen molar-refractivity contribution in [3.05, 3.63) is 12.3 Å². The van der Waals surface area contributed by atoms with E-state index in [1.807, 2.05) is 0 Å². The maximum absolute atomic E-state index is 12.9. The molecule has 124 valence electrons. The van der Waals surface area contributed by atoms with Gasteiger partial charge in [-0.1, -0.05) is 0 Å². The van der Waals surface area contributed by atoms with Gasteiger partial charge in [-0.25, -0.2) is 30.3 Å². The van der Waals surface area contributed by atoms with Gasteiger partial charge in [-0.05, 0) is 6.07 Å². The van der Waals surface area contributed by atoms with E-state index in [0.29, 0.717) is 0 Å². The third kappa shape index (κ3) is 2.87. The minimum absolute atomic E-state index is 0.303. The molecule has 2 heterocycles. The third-order valence-corrected chi connectivity index (χ3v) is 6.82. The smallest absolute Gasteiger partial charge is 0.272 e. The molecule has 0 aromatic carbocycles. The number of halogens is 2. The molecule has 1 aliphatic heterocycles. The molecule has 1 saturated carbocycles. The monoisotopic (exact) mass is 356 g/mol. The Bertz CT molecular complexity index is 805. The Balaban J connectivity index is 1.77. The van der Waals surface area contributed by atoms with E-state index in [4.69, 9.17) is 5.73 Å². The molecule has 0 bridgehead atoms. The highest BCUT2D eigenvalue weighted by Crippen LogP contribution is 2.52. The Morgan fingerprint density at radius 1 is 1.41 bits per heavy atom. The number of aromatic nitrogens is 2. The fourth-order valence-electron chi connectivity index (χ4n) is 2.38. The molecular formula is C10H14F2N4O4S2. The molecule has 1 aromatic rings. The maximum atomic E-state index is 12.9. The van der Waals surface area contributed by atoms with Crippen LogP contribution >= 0.6 is 0 Å². The van der Waals surface area contributed by atoms with Crippen LogP contribution < -0.4 is 10.5 Å². The van der Waals surface area contributed by atoms with Crippen LogP contribution in [-0.2, 0) is 19.9 Å². The second kappa shape index (κ2) is 4.69. The predicted molar refractivity (Wildman–Crippen MR) is 71.6 cm³/mol. The highest BCUT2D eigenvalue weighted by molar-refractivity contribution is 7.92. The van der Waals surface area contributed by atoms with Crippen molar-refractivity contribution in [3.63, 3.8) is 0 Å². The second-order valence-corrected chi connectivity index (χ2v) is 9.40. The summed E-state index contributed by atoms with van der Waals surface area (Å²) >= 11 is 0. The summed E-state index contributed by atoms with van der Waals surface area (Å²) in [7, 11) is -7.51. The first kappa shape index (κ1) is 15.8. The van der Waals surface area contributed by atoms with E-state index in [1.165, 1.54) is 0 Å². The van der Waals surface area contributed by atoms with Crippen LogP contribution in [0.1, 0.15) is 12.5 Å². The van der Waals surface area contributed by atoms with Crippen molar-refractivity contribution in [2.24, 2.45) is 5.73 Å². The van der Waals surface area contributed by atoms with E-state index in [9.17, 15) is 25.6 Å². The normalized spacial score (nSPS) is 33.0. The zero-order chi connectivity index (χ0) is 16.3. The molecule has 0 spiro atoms. The fraction of sp³-hybridized carbons (Fsp3) is 0.700. The molecule has 1 saturated heterocycles. The lowest BCUT2D eigenvalue weighted by molar-refractivity contribution is 0.0981. The van der Waals surface area contributed by atoms with Crippen molar-refractivity contribution in [2.75, 3.05) is 11.5 Å². The van der Waals surface area contributed by atoms with Gasteiger partial charge in [-0.15, -0.1) is 0 Å². The Morgan fingerprint density at radius 3 is 2.55 bits per heavy atom. The second-order valence-electron chi connectivity index (χ2n) is 5.58. The first-order valence-corrected chi connectivity index (χ1v) is 9.72. The Kier molecular flexibility index (Phi) is 3.36. The largest absolute Gasteiger partial charge is 0.325 e. The minimum atomic E-state index is -4.12. The van der Waals surface area contributed by atoms with Crippen LogP contribution in [0.2, 0.25) is 0 Å². The van der Waals surface area contributed by atoms with Gasteiger partial charge in [0.05, 0.1) is 17.5 Å².